The van der Waals surface area contributed by atoms with Crippen LogP contribution in [0, 0.1) is 0 Å². The van der Waals surface area contributed by atoms with E-state index in [-0.39, 0.29) is 6.04 Å². The highest BCUT2D eigenvalue weighted by Crippen LogP contribution is 2.19. The van der Waals surface area contributed by atoms with Crippen LogP contribution in [0.4, 0.5) is 0 Å². The van der Waals surface area contributed by atoms with Gasteiger partial charge in [-0.2, -0.15) is 0 Å². The van der Waals surface area contributed by atoms with Gasteiger partial charge in [-0.1, -0.05) is 11.6 Å². The molecule has 7 heteroatoms. The van der Waals surface area contributed by atoms with Gasteiger partial charge >= 0.3 is 0 Å². The van der Waals surface area contributed by atoms with E-state index in [1.165, 1.54) is 0 Å². The lowest BCUT2D eigenvalue weighted by Gasteiger charge is -2.27. The Morgan fingerprint density at radius 2 is 2.04 bits per heavy atom. The third-order valence-electron chi connectivity index (χ3n) is 5.10. The van der Waals surface area contributed by atoms with Gasteiger partial charge in [-0.3, -0.25) is 14.6 Å². The second-order valence-corrected chi connectivity index (χ2v) is 7.04. The van der Waals surface area contributed by atoms with Crippen molar-refractivity contribution in [2.45, 2.75) is 31.8 Å². The van der Waals surface area contributed by atoms with E-state index in [1.807, 2.05) is 11.6 Å². The predicted octanol–water partition coefficient (Wildman–Crippen LogP) is 1.20. The summed E-state index contributed by atoms with van der Waals surface area (Å²) in [6, 6.07) is 0.0925. The van der Waals surface area contributed by atoms with Crippen molar-refractivity contribution in [2.75, 3.05) is 39.8 Å². The van der Waals surface area contributed by atoms with Gasteiger partial charge in [0.05, 0.1) is 18.8 Å². The van der Waals surface area contributed by atoms with Crippen molar-refractivity contribution in [3.8, 4) is 0 Å². The van der Waals surface area contributed by atoms with Crippen molar-refractivity contribution in [3.05, 3.63) is 17.2 Å². The lowest BCUT2D eigenvalue weighted by Crippen LogP contribution is -2.45. The second-order valence-electron chi connectivity index (χ2n) is 6.65. The molecule has 2 aliphatic heterocycles. The molecule has 0 radical (unpaired) electrons. The fraction of sp³-hybridized carbons (Fsp3) is 0.750. The van der Waals surface area contributed by atoms with Gasteiger partial charge in [0.25, 0.3) is 0 Å². The summed E-state index contributed by atoms with van der Waals surface area (Å²) in [5, 5.41) is 0.663. The fourth-order valence-corrected chi connectivity index (χ4v) is 3.70. The predicted molar refractivity (Wildman–Crippen MR) is 90.3 cm³/mol. The molecule has 0 N–H and O–H groups in total. The van der Waals surface area contributed by atoms with E-state index in [4.69, 9.17) is 11.6 Å². The molecule has 3 heterocycles. The Morgan fingerprint density at radius 1 is 1.22 bits per heavy atom. The number of likely N-dealkylation sites (N-methyl/N-ethyl adjacent to an activating group) is 1. The summed E-state index contributed by atoms with van der Waals surface area (Å²) in [5.74, 6) is 1.29. The third kappa shape index (κ3) is 3.70. The number of imidazole rings is 1. The number of hydrogen-bond acceptors (Lipinski definition) is 4. The van der Waals surface area contributed by atoms with Gasteiger partial charge in [0.2, 0.25) is 5.91 Å². The largest absolute Gasteiger partial charge is 0.340 e. The minimum atomic E-state index is 0.0925. The molecular formula is C16H26ClN5O. The zero-order chi connectivity index (χ0) is 16.4. The molecule has 0 aromatic carbocycles. The fourth-order valence-electron chi connectivity index (χ4n) is 3.55. The Morgan fingerprint density at radius 3 is 2.70 bits per heavy atom. The maximum atomic E-state index is 12.7. The Labute approximate surface area is 143 Å². The number of carbonyl (C=O) groups is 1. The summed E-state index contributed by atoms with van der Waals surface area (Å²) in [6.45, 7) is 5.38. The van der Waals surface area contributed by atoms with E-state index >= 15 is 0 Å². The first-order valence-electron chi connectivity index (χ1n) is 8.43. The van der Waals surface area contributed by atoms with E-state index in [1.54, 1.807) is 6.20 Å². The number of aromatic nitrogens is 2. The van der Waals surface area contributed by atoms with E-state index in [2.05, 4.69) is 26.7 Å². The average Bonchev–Trinajstić information content (AvgIpc) is 3.00. The first-order chi connectivity index (χ1) is 11.1. The maximum Gasteiger partial charge on any atom is 0.239 e. The van der Waals surface area contributed by atoms with Crippen molar-refractivity contribution in [1.29, 1.82) is 0 Å². The molecule has 23 heavy (non-hydrogen) atoms. The van der Waals surface area contributed by atoms with Crippen LogP contribution in [0.3, 0.4) is 0 Å². The lowest BCUT2D eigenvalue weighted by molar-refractivity contribution is -0.135. The monoisotopic (exact) mass is 339 g/mol. The van der Waals surface area contributed by atoms with Gasteiger partial charge in [-0.25, -0.2) is 4.98 Å². The highest BCUT2D eigenvalue weighted by molar-refractivity contribution is 6.29. The second kappa shape index (κ2) is 7.20. The van der Waals surface area contributed by atoms with Crippen molar-refractivity contribution in [2.24, 2.45) is 7.05 Å². The van der Waals surface area contributed by atoms with Crippen LogP contribution in [-0.2, 0) is 18.4 Å². The van der Waals surface area contributed by atoms with Crippen LogP contribution in [0.15, 0.2) is 6.20 Å². The molecule has 1 atom stereocenters. The average molecular weight is 340 g/mol. The Kier molecular flexibility index (Phi) is 5.24. The molecule has 1 unspecified atom stereocenters. The molecule has 0 saturated carbocycles. The molecule has 1 aromatic rings. The van der Waals surface area contributed by atoms with E-state index in [9.17, 15) is 4.79 Å². The van der Waals surface area contributed by atoms with Gasteiger partial charge in [-0.05, 0) is 32.9 Å². The van der Waals surface area contributed by atoms with Crippen LogP contribution in [0.5, 0.6) is 0 Å². The number of halogens is 1. The van der Waals surface area contributed by atoms with Crippen LogP contribution in [0.25, 0.3) is 0 Å². The van der Waals surface area contributed by atoms with Gasteiger partial charge in [0.15, 0.2) is 0 Å². The van der Waals surface area contributed by atoms with Gasteiger partial charge in [-0.15, -0.1) is 0 Å². The molecule has 2 saturated heterocycles. The highest BCUT2D eigenvalue weighted by Gasteiger charge is 2.32. The summed E-state index contributed by atoms with van der Waals surface area (Å²) in [5.41, 5.74) is 0. The maximum absolute atomic E-state index is 12.7. The number of carbonyl (C=O) groups excluding carboxylic acids is 1. The minimum Gasteiger partial charge on any atom is -0.340 e. The van der Waals surface area contributed by atoms with Crippen molar-refractivity contribution >= 4 is 17.5 Å². The molecular weight excluding hydrogens is 314 g/mol. The normalized spacial score (nSPS) is 24.1. The molecule has 3 rings (SSSR count). The first kappa shape index (κ1) is 16.7. The zero-order valence-corrected chi connectivity index (χ0v) is 14.8. The van der Waals surface area contributed by atoms with Crippen LogP contribution in [0.2, 0.25) is 5.15 Å². The molecule has 6 nitrogen and oxygen atoms in total. The summed E-state index contributed by atoms with van der Waals surface area (Å²) < 4.78 is 1.92. The summed E-state index contributed by atoms with van der Waals surface area (Å²) in [6.07, 6.45) is 4.84. The van der Waals surface area contributed by atoms with Crippen molar-refractivity contribution in [1.82, 2.24) is 24.3 Å². The van der Waals surface area contributed by atoms with Gasteiger partial charge < -0.3 is 9.47 Å². The molecule has 0 bridgehead atoms. The van der Waals surface area contributed by atoms with Crippen molar-refractivity contribution < 1.29 is 4.79 Å². The van der Waals surface area contributed by atoms with Crippen LogP contribution < -0.4 is 0 Å². The van der Waals surface area contributed by atoms with E-state index in [0.29, 0.717) is 11.1 Å². The summed E-state index contributed by atoms with van der Waals surface area (Å²) in [7, 11) is 4.00. The number of hydrogen-bond donors (Lipinski definition) is 0. The first-order valence-corrected chi connectivity index (χ1v) is 8.81. The Hall–Kier alpha value is -1.11. The SMILES string of the molecule is CN1CCCC1C(=O)N1CCCN(Cc2ncc(Cl)n2C)CC1. The van der Waals surface area contributed by atoms with Crippen LogP contribution in [-0.4, -0.2) is 76.0 Å². The van der Waals surface area contributed by atoms with Gasteiger partial charge in [0.1, 0.15) is 11.0 Å². The summed E-state index contributed by atoms with van der Waals surface area (Å²) >= 11 is 6.05. The molecule has 0 aliphatic carbocycles. The smallest absolute Gasteiger partial charge is 0.239 e. The standard InChI is InChI=1S/C16H26ClN5O/c1-19-6-3-5-13(19)16(23)22-8-4-7-21(9-10-22)12-15-18-11-14(17)20(15)2/h11,13H,3-10,12H2,1-2H3. The topological polar surface area (TPSA) is 44.6 Å². The van der Waals surface area contributed by atoms with Crippen LogP contribution >= 0.6 is 11.6 Å². The van der Waals surface area contributed by atoms with Crippen LogP contribution in [0.1, 0.15) is 25.1 Å². The lowest BCUT2D eigenvalue weighted by atomic mass is 10.2. The van der Waals surface area contributed by atoms with E-state index in [0.717, 1.165) is 64.4 Å². The third-order valence-corrected chi connectivity index (χ3v) is 5.45. The quantitative estimate of drug-likeness (QED) is 0.830. The van der Waals surface area contributed by atoms with Crippen molar-refractivity contribution in [3.63, 3.8) is 0 Å². The number of rotatable bonds is 3. The molecule has 2 fully saturated rings. The Bertz CT molecular complexity index is 561. The molecule has 1 amide bonds. The molecule has 128 valence electrons. The van der Waals surface area contributed by atoms with E-state index < -0.39 is 0 Å². The van der Waals surface area contributed by atoms with Gasteiger partial charge in [0, 0.05) is 33.2 Å². The number of likely N-dealkylation sites (tertiary alicyclic amines) is 1. The summed E-state index contributed by atoms with van der Waals surface area (Å²) in [4.78, 5) is 23.7. The highest BCUT2D eigenvalue weighted by atomic mass is 35.5. The molecule has 2 aliphatic rings. The zero-order valence-electron chi connectivity index (χ0n) is 14.0. The molecule has 1 aromatic heterocycles. The Balaban J connectivity index is 1.56. The molecule has 0 spiro atoms. The number of amides is 1. The number of nitrogens with zero attached hydrogens (tertiary/aromatic N) is 5. The minimum absolute atomic E-state index is 0.0925.